The molecule has 6 nitrogen and oxygen atoms in total. The molecule has 1 heterocycles. The fourth-order valence-electron chi connectivity index (χ4n) is 3.07. The molecule has 1 amide bonds. The number of carbonyl (C=O) groups is 1. The van der Waals surface area contributed by atoms with Gasteiger partial charge in [-0.05, 0) is 23.8 Å². The highest BCUT2D eigenvalue weighted by Crippen LogP contribution is 2.17. The molecule has 0 unspecified atom stereocenters. The lowest BCUT2D eigenvalue weighted by Gasteiger charge is -2.27. The summed E-state index contributed by atoms with van der Waals surface area (Å²) in [6, 6.07) is 15.3. The minimum absolute atomic E-state index is 0. The maximum absolute atomic E-state index is 12.7. The van der Waals surface area contributed by atoms with Gasteiger partial charge in [-0.2, -0.15) is 0 Å². The topological polar surface area (TPSA) is 78.5 Å². The predicted octanol–water partition coefficient (Wildman–Crippen LogP) is 1.72. The summed E-state index contributed by atoms with van der Waals surface area (Å²) >= 11 is 0. The number of nitrogens with one attached hydrogen (secondary N) is 2. The highest BCUT2D eigenvalue weighted by Gasteiger charge is 2.17. The third-order valence-corrected chi connectivity index (χ3v) is 6.26. The Kier molecular flexibility index (Phi) is 8.44. The van der Waals surface area contributed by atoms with Crippen LogP contribution < -0.4 is 10.6 Å². The summed E-state index contributed by atoms with van der Waals surface area (Å²) in [6.07, 6.45) is 0. The average molecular weight is 424 g/mol. The summed E-state index contributed by atoms with van der Waals surface area (Å²) < 4.78 is 25.3. The van der Waals surface area contributed by atoms with Crippen LogP contribution in [0.25, 0.3) is 0 Å². The first-order valence-electron chi connectivity index (χ1n) is 9.13. The molecular weight excluding hydrogens is 398 g/mol. The molecule has 28 heavy (non-hydrogen) atoms. The Bertz CT molecular complexity index is 869. The summed E-state index contributed by atoms with van der Waals surface area (Å²) in [5.74, 6) is -0.330. The fraction of sp³-hybridized carbons (Fsp3) is 0.350. The molecule has 1 aliphatic rings. The summed E-state index contributed by atoms with van der Waals surface area (Å²) in [5, 5.41) is 6.17. The highest BCUT2D eigenvalue weighted by atomic mass is 35.5. The van der Waals surface area contributed by atoms with Crippen molar-refractivity contribution in [2.75, 3.05) is 39.3 Å². The van der Waals surface area contributed by atoms with Crippen molar-refractivity contribution in [1.82, 2.24) is 15.5 Å². The van der Waals surface area contributed by atoms with Crippen LogP contribution in [0.4, 0.5) is 0 Å². The summed E-state index contributed by atoms with van der Waals surface area (Å²) in [4.78, 5) is 14.8. The van der Waals surface area contributed by atoms with E-state index >= 15 is 0 Å². The number of rotatable bonds is 7. The summed E-state index contributed by atoms with van der Waals surface area (Å²) in [7, 11) is -3.50. The van der Waals surface area contributed by atoms with Gasteiger partial charge in [-0.25, -0.2) is 8.42 Å². The molecule has 152 valence electrons. The lowest BCUT2D eigenvalue weighted by Crippen LogP contribution is -2.46. The number of carbonyl (C=O) groups excluding carboxylic acids is 1. The number of piperazine rings is 1. The third-order valence-electron chi connectivity index (χ3n) is 4.58. The van der Waals surface area contributed by atoms with Crippen LogP contribution in [0.15, 0.2) is 59.5 Å². The molecule has 2 N–H and O–H groups in total. The molecule has 8 heteroatoms. The second kappa shape index (κ2) is 10.6. The SMILES string of the molecule is Cl.O=C(NCCN1CCNCC1)c1cccc(S(=O)(=O)Cc2ccccc2)c1. The first kappa shape index (κ1) is 22.4. The van der Waals surface area contributed by atoms with Crippen LogP contribution in [-0.2, 0) is 15.6 Å². The van der Waals surface area contributed by atoms with Crippen molar-refractivity contribution < 1.29 is 13.2 Å². The van der Waals surface area contributed by atoms with Crippen LogP contribution in [0.1, 0.15) is 15.9 Å². The molecule has 1 aliphatic heterocycles. The van der Waals surface area contributed by atoms with Gasteiger partial charge in [0, 0.05) is 44.8 Å². The van der Waals surface area contributed by atoms with E-state index in [1.54, 1.807) is 24.3 Å². The van der Waals surface area contributed by atoms with Crippen LogP contribution in [0.2, 0.25) is 0 Å². The number of hydrogen-bond donors (Lipinski definition) is 2. The lowest BCUT2D eigenvalue weighted by molar-refractivity contribution is 0.0947. The quantitative estimate of drug-likeness (QED) is 0.709. The molecule has 0 radical (unpaired) electrons. The van der Waals surface area contributed by atoms with Crippen LogP contribution >= 0.6 is 12.4 Å². The zero-order valence-electron chi connectivity index (χ0n) is 15.6. The van der Waals surface area contributed by atoms with E-state index < -0.39 is 9.84 Å². The van der Waals surface area contributed by atoms with E-state index in [1.165, 1.54) is 12.1 Å². The smallest absolute Gasteiger partial charge is 0.251 e. The normalized spacial score (nSPS) is 14.9. The Morgan fingerprint density at radius 1 is 1.04 bits per heavy atom. The first-order valence-corrected chi connectivity index (χ1v) is 10.8. The molecule has 1 fully saturated rings. The van der Waals surface area contributed by atoms with Crippen molar-refractivity contribution in [3.05, 3.63) is 65.7 Å². The van der Waals surface area contributed by atoms with E-state index in [2.05, 4.69) is 15.5 Å². The second-order valence-corrected chi connectivity index (χ2v) is 8.61. The molecule has 1 saturated heterocycles. The molecule has 3 rings (SSSR count). The Hall–Kier alpha value is -1.93. The summed E-state index contributed by atoms with van der Waals surface area (Å²) in [5.41, 5.74) is 1.09. The van der Waals surface area contributed by atoms with Crippen LogP contribution in [-0.4, -0.2) is 58.5 Å². The second-order valence-electron chi connectivity index (χ2n) is 6.62. The van der Waals surface area contributed by atoms with Crippen molar-refractivity contribution in [2.45, 2.75) is 10.6 Å². The Balaban J connectivity index is 0.00000280. The Morgan fingerprint density at radius 3 is 2.46 bits per heavy atom. The van der Waals surface area contributed by atoms with Gasteiger partial charge in [-0.1, -0.05) is 36.4 Å². The molecule has 0 spiro atoms. The molecule has 0 saturated carbocycles. The van der Waals surface area contributed by atoms with Gasteiger partial charge in [0.2, 0.25) is 0 Å². The van der Waals surface area contributed by atoms with Gasteiger partial charge in [-0.3, -0.25) is 9.69 Å². The van der Waals surface area contributed by atoms with Gasteiger partial charge in [-0.15, -0.1) is 12.4 Å². The van der Waals surface area contributed by atoms with Gasteiger partial charge < -0.3 is 10.6 Å². The van der Waals surface area contributed by atoms with Crippen molar-refractivity contribution in [1.29, 1.82) is 0 Å². The maximum atomic E-state index is 12.7. The minimum Gasteiger partial charge on any atom is -0.351 e. The standard InChI is InChI=1S/C20H25N3O3S.ClH/c24-20(22-11-14-23-12-9-21-10-13-23)18-7-4-8-19(15-18)27(25,26)16-17-5-2-1-3-6-17;/h1-8,15,21H,9-14,16H2,(H,22,24);1H. The van der Waals surface area contributed by atoms with Crippen LogP contribution in [0.5, 0.6) is 0 Å². The number of benzene rings is 2. The zero-order valence-corrected chi connectivity index (χ0v) is 17.3. The predicted molar refractivity (Wildman–Crippen MR) is 113 cm³/mol. The first-order chi connectivity index (χ1) is 13.0. The maximum Gasteiger partial charge on any atom is 0.251 e. The lowest BCUT2D eigenvalue weighted by atomic mass is 10.2. The summed E-state index contributed by atoms with van der Waals surface area (Å²) in [6.45, 7) is 5.22. The van der Waals surface area contributed by atoms with E-state index in [0.29, 0.717) is 12.1 Å². The highest BCUT2D eigenvalue weighted by molar-refractivity contribution is 7.90. The number of amides is 1. The van der Waals surface area contributed by atoms with Gasteiger partial charge >= 0.3 is 0 Å². The minimum atomic E-state index is -3.50. The molecule has 0 bridgehead atoms. The number of sulfone groups is 1. The van der Waals surface area contributed by atoms with Gasteiger partial charge in [0.1, 0.15) is 0 Å². The van der Waals surface area contributed by atoms with Gasteiger partial charge in [0.05, 0.1) is 10.6 Å². The van der Waals surface area contributed by atoms with Crippen molar-refractivity contribution >= 4 is 28.2 Å². The van der Waals surface area contributed by atoms with E-state index in [0.717, 1.165) is 38.3 Å². The van der Waals surface area contributed by atoms with Crippen molar-refractivity contribution in [3.63, 3.8) is 0 Å². The van der Waals surface area contributed by atoms with E-state index in [9.17, 15) is 13.2 Å². The fourth-order valence-corrected chi connectivity index (χ4v) is 4.46. The van der Waals surface area contributed by atoms with Crippen LogP contribution in [0.3, 0.4) is 0 Å². The number of halogens is 1. The molecule has 0 aliphatic carbocycles. The van der Waals surface area contributed by atoms with Gasteiger partial charge in [0.25, 0.3) is 5.91 Å². The van der Waals surface area contributed by atoms with E-state index in [-0.39, 0.29) is 29.0 Å². The van der Waals surface area contributed by atoms with Crippen LogP contribution in [0, 0.1) is 0 Å². The molecule has 2 aromatic carbocycles. The third kappa shape index (κ3) is 6.31. The monoisotopic (exact) mass is 423 g/mol. The van der Waals surface area contributed by atoms with Gasteiger partial charge in [0.15, 0.2) is 9.84 Å². The molecular formula is C20H26ClN3O3S. The van der Waals surface area contributed by atoms with Crippen molar-refractivity contribution in [2.24, 2.45) is 0 Å². The Labute approximate surface area is 172 Å². The van der Waals surface area contributed by atoms with E-state index in [1.807, 2.05) is 18.2 Å². The van der Waals surface area contributed by atoms with Crippen molar-refractivity contribution in [3.8, 4) is 0 Å². The number of hydrogen-bond acceptors (Lipinski definition) is 5. The zero-order chi connectivity index (χ0) is 19.1. The molecule has 0 atom stereocenters. The Morgan fingerprint density at radius 2 is 1.75 bits per heavy atom. The largest absolute Gasteiger partial charge is 0.351 e. The molecule has 2 aromatic rings. The van der Waals surface area contributed by atoms with E-state index in [4.69, 9.17) is 0 Å². The number of nitrogens with zero attached hydrogens (tertiary/aromatic N) is 1. The average Bonchev–Trinajstić information content (AvgIpc) is 2.69. The molecule has 0 aromatic heterocycles.